The van der Waals surface area contributed by atoms with Crippen LogP contribution in [0.1, 0.15) is 44.9 Å². The van der Waals surface area contributed by atoms with Crippen molar-refractivity contribution in [2.45, 2.75) is 50.5 Å². The summed E-state index contributed by atoms with van der Waals surface area (Å²) in [5.41, 5.74) is -0.141. The molecule has 6 heteroatoms. The molecule has 2 heterocycles. The maximum absolute atomic E-state index is 12.9. The summed E-state index contributed by atoms with van der Waals surface area (Å²) in [7, 11) is -3.24. The van der Waals surface area contributed by atoms with E-state index < -0.39 is 10.2 Å². The lowest BCUT2D eigenvalue weighted by Crippen LogP contribution is -2.65. The third kappa shape index (κ3) is 2.44. The Kier molecular flexibility index (Phi) is 3.86. The first kappa shape index (κ1) is 13.8. The molecule has 3 rings (SSSR count). The molecule has 0 radical (unpaired) electrons. The van der Waals surface area contributed by atoms with Gasteiger partial charge in [0.2, 0.25) is 0 Å². The summed E-state index contributed by atoms with van der Waals surface area (Å²) in [6.45, 7) is 3.68. The maximum atomic E-state index is 12.9. The number of hydrogen-bond acceptors (Lipinski definition) is 3. The van der Waals surface area contributed by atoms with Crippen LogP contribution in [0, 0.1) is 0 Å². The van der Waals surface area contributed by atoms with Crippen LogP contribution in [-0.4, -0.2) is 55.3 Å². The van der Waals surface area contributed by atoms with Gasteiger partial charge in [0.1, 0.15) is 0 Å². The highest BCUT2D eigenvalue weighted by Gasteiger charge is 2.47. The molecular weight excluding hydrogens is 262 g/mol. The molecule has 0 amide bonds. The third-order valence-corrected chi connectivity index (χ3v) is 7.07. The van der Waals surface area contributed by atoms with Crippen LogP contribution in [0.5, 0.6) is 0 Å². The fraction of sp³-hybridized carbons (Fsp3) is 1.00. The Morgan fingerprint density at radius 1 is 0.895 bits per heavy atom. The summed E-state index contributed by atoms with van der Waals surface area (Å²) in [6, 6.07) is 0. The lowest BCUT2D eigenvalue weighted by Gasteiger charge is -2.49. The normalized spacial score (nSPS) is 29.9. The van der Waals surface area contributed by atoms with Gasteiger partial charge >= 0.3 is 0 Å². The monoisotopic (exact) mass is 287 g/mol. The van der Waals surface area contributed by atoms with Crippen LogP contribution >= 0.6 is 0 Å². The van der Waals surface area contributed by atoms with Gasteiger partial charge in [-0.25, -0.2) is 0 Å². The molecule has 0 bridgehead atoms. The predicted molar refractivity (Wildman–Crippen MR) is 75.1 cm³/mol. The van der Waals surface area contributed by atoms with E-state index >= 15 is 0 Å². The van der Waals surface area contributed by atoms with Crippen LogP contribution in [0.25, 0.3) is 0 Å². The van der Waals surface area contributed by atoms with Crippen LogP contribution < -0.4 is 5.32 Å². The second kappa shape index (κ2) is 5.31. The van der Waals surface area contributed by atoms with Crippen LogP contribution in [0.3, 0.4) is 0 Å². The van der Waals surface area contributed by atoms with Crippen LogP contribution in [0.4, 0.5) is 0 Å². The fourth-order valence-electron chi connectivity index (χ4n) is 3.88. The third-order valence-electron chi connectivity index (χ3n) is 4.93. The van der Waals surface area contributed by atoms with Crippen molar-refractivity contribution < 1.29 is 8.42 Å². The molecule has 0 atom stereocenters. The van der Waals surface area contributed by atoms with E-state index in [0.29, 0.717) is 19.6 Å². The van der Waals surface area contributed by atoms with E-state index in [1.807, 2.05) is 4.31 Å². The van der Waals surface area contributed by atoms with E-state index in [1.165, 1.54) is 6.42 Å². The van der Waals surface area contributed by atoms with E-state index in [9.17, 15) is 8.42 Å². The van der Waals surface area contributed by atoms with E-state index in [1.54, 1.807) is 4.31 Å². The second-order valence-electron chi connectivity index (χ2n) is 6.15. The number of nitrogens with one attached hydrogen (secondary N) is 1. The van der Waals surface area contributed by atoms with Crippen LogP contribution in [-0.2, 0) is 10.2 Å². The Balaban J connectivity index is 1.87. The zero-order valence-corrected chi connectivity index (χ0v) is 12.4. The van der Waals surface area contributed by atoms with Crippen LogP contribution in [0.15, 0.2) is 0 Å². The van der Waals surface area contributed by atoms with E-state index in [-0.39, 0.29) is 5.54 Å². The molecule has 3 aliphatic rings. The Morgan fingerprint density at radius 2 is 1.58 bits per heavy atom. The van der Waals surface area contributed by atoms with Crippen LogP contribution in [0.2, 0.25) is 0 Å². The minimum absolute atomic E-state index is 0.141. The van der Waals surface area contributed by atoms with Gasteiger partial charge in [-0.3, -0.25) is 0 Å². The minimum atomic E-state index is -3.24. The van der Waals surface area contributed by atoms with Crippen molar-refractivity contribution in [3.63, 3.8) is 0 Å². The Labute approximate surface area is 116 Å². The van der Waals surface area contributed by atoms with E-state index in [4.69, 9.17) is 0 Å². The first-order chi connectivity index (χ1) is 9.15. The SMILES string of the molecule is O=S(=O)(N1CCCC1)N1CCNCC12CCCCC2. The first-order valence-electron chi connectivity index (χ1n) is 7.64. The van der Waals surface area contributed by atoms with E-state index in [2.05, 4.69) is 5.32 Å². The molecule has 0 aromatic carbocycles. The fourth-order valence-corrected chi connectivity index (χ4v) is 5.94. The lowest BCUT2D eigenvalue weighted by molar-refractivity contribution is 0.0948. The highest BCUT2D eigenvalue weighted by atomic mass is 32.2. The molecule has 1 spiro atoms. The number of rotatable bonds is 2. The molecule has 0 aromatic rings. The van der Waals surface area contributed by atoms with Crippen molar-refractivity contribution in [3.05, 3.63) is 0 Å². The Hall–Kier alpha value is -0.170. The molecule has 19 heavy (non-hydrogen) atoms. The largest absolute Gasteiger partial charge is 0.314 e. The summed E-state index contributed by atoms with van der Waals surface area (Å²) in [4.78, 5) is 0. The van der Waals surface area contributed by atoms with Gasteiger partial charge in [-0.1, -0.05) is 19.3 Å². The summed E-state index contributed by atoms with van der Waals surface area (Å²) in [5, 5.41) is 3.41. The average Bonchev–Trinajstić information content (AvgIpc) is 2.94. The zero-order chi connectivity index (χ0) is 13.3. The van der Waals surface area contributed by atoms with Gasteiger partial charge in [-0.2, -0.15) is 17.0 Å². The molecule has 2 saturated heterocycles. The predicted octanol–water partition coefficient (Wildman–Crippen LogP) is 0.935. The quantitative estimate of drug-likeness (QED) is 0.822. The van der Waals surface area contributed by atoms with Gasteiger partial charge in [-0.05, 0) is 25.7 Å². The molecule has 1 N–H and O–H groups in total. The molecule has 2 aliphatic heterocycles. The lowest BCUT2D eigenvalue weighted by atomic mass is 9.80. The van der Waals surface area contributed by atoms with Crippen molar-refractivity contribution in [2.24, 2.45) is 0 Å². The standard InChI is InChI=1S/C13H25N3O2S/c17-19(18,15-9-4-5-10-15)16-11-8-14-12-13(16)6-2-1-3-7-13/h14H,1-12H2. The van der Waals surface area contributed by atoms with Gasteiger partial charge in [0.15, 0.2) is 0 Å². The van der Waals surface area contributed by atoms with Crippen molar-refractivity contribution in [3.8, 4) is 0 Å². The molecular formula is C13H25N3O2S. The number of hydrogen-bond donors (Lipinski definition) is 1. The van der Waals surface area contributed by atoms with Gasteiger partial charge in [0.05, 0.1) is 0 Å². The smallest absolute Gasteiger partial charge is 0.282 e. The summed E-state index contributed by atoms with van der Waals surface area (Å²) < 4.78 is 29.3. The van der Waals surface area contributed by atoms with Crippen molar-refractivity contribution >= 4 is 10.2 Å². The molecule has 1 aliphatic carbocycles. The Morgan fingerprint density at radius 3 is 2.26 bits per heavy atom. The summed E-state index contributed by atoms with van der Waals surface area (Å²) in [6.07, 6.45) is 7.64. The highest BCUT2D eigenvalue weighted by molar-refractivity contribution is 7.86. The van der Waals surface area contributed by atoms with Crippen molar-refractivity contribution in [1.82, 2.24) is 13.9 Å². The number of nitrogens with zero attached hydrogens (tertiary/aromatic N) is 2. The topological polar surface area (TPSA) is 52.7 Å². The first-order valence-corrected chi connectivity index (χ1v) is 9.04. The summed E-state index contributed by atoms with van der Waals surface area (Å²) in [5.74, 6) is 0. The molecule has 0 unspecified atom stereocenters. The molecule has 5 nitrogen and oxygen atoms in total. The molecule has 0 aromatic heterocycles. The van der Waals surface area contributed by atoms with Gasteiger partial charge < -0.3 is 5.32 Å². The number of piperazine rings is 1. The molecule has 110 valence electrons. The average molecular weight is 287 g/mol. The van der Waals surface area contributed by atoms with Gasteiger partial charge in [-0.15, -0.1) is 0 Å². The van der Waals surface area contributed by atoms with Gasteiger partial charge in [0.25, 0.3) is 10.2 Å². The summed E-state index contributed by atoms with van der Waals surface area (Å²) >= 11 is 0. The highest BCUT2D eigenvalue weighted by Crippen LogP contribution is 2.37. The van der Waals surface area contributed by atoms with Crippen molar-refractivity contribution in [2.75, 3.05) is 32.7 Å². The molecule has 3 fully saturated rings. The zero-order valence-electron chi connectivity index (χ0n) is 11.6. The van der Waals surface area contributed by atoms with E-state index in [0.717, 1.165) is 51.6 Å². The van der Waals surface area contributed by atoms with Crippen molar-refractivity contribution in [1.29, 1.82) is 0 Å². The minimum Gasteiger partial charge on any atom is -0.314 e. The second-order valence-corrected chi connectivity index (χ2v) is 8.00. The van der Waals surface area contributed by atoms with Gasteiger partial charge in [0, 0.05) is 38.3 Å². The maximum Gasteiger partial charge on any atom is 0.282 e. The Bertz CT molecular complexity index is 403. The molecule has 1 saturated carbocycles.